The third kappa shape index (κ3) is 5.87. The van der Waals surface area contributed by atoms with Crippen molar-refractivity contribution in [2.45, 2.75) is 46.1 Å². The number of nitrogens with one attached hydrogen (secondary N) is 1. The molecule has 0 fully saturated rings. The maximum absolute atomic E-state index is 5.65. The minimum absolute atomic E-state index is 0.579. The van der Waals surface area contributed by atoms with Crippen molar-refractivity contribution in [2.75, 3.05) is 13.2 Å². The average molecular weight is 314 g/mol. The molecule has 0 saturated heterocycles. The first-order chi connectivity index (χ1) is 8.63. The van der Waals surface area contributed by atoms with Gasteiger partial charge >= 0.3 is 0 Å². The van der Waals surface area contributed by atoms with Gasteiger partial charge in [0.1, 0.15) is 5.75 Å². The fourth-order valence-corrected chi connectivity index (χ4v) is 2.28. The minimum Gasteiger partial charge on any atom is -0.494 e. The first kappa shape index (κ1) is 15.5. The maximum atomic E-state index is 5.65. The third-order valence-electron chi connectivity index (χ3n) is 2.75. The molecule has 0 amide bonds. The predicted octanol–water partition coefficient (Wildman–Crippen LogP) is 4.17. The van der Waals surface area contributed by atoms with E-state index in [-0.39, 0.29) is 0 Å². The molecule has 0 heterocycles. The second-order valence-corrected chi connectivity index (χ2v) is 5.67. The molecule has 0 aromatic heterocycles. The number of unbranched alkanes of at least 4 members (excludes halogenated alkanes) is 1. The quantitative estimate of drug-likeness (QED) is 0.727. The van der Waals surface area contributed by atoms with Gasteiger partial charge in [-0.15, -0.1) is 0 Å². The lowest BCUT2D eigenvalue weighted by molar-refractivity contribution is 0.336. The van der Waals surface area contributed by atoms with Crippen molar-refractivity contribution in [1.82, 2.24) is 5.32 Å². The van der Waals surface area contributed by atoms with Crippen LogP contribution >= 0.6 is 15.9 Å². The third-order valence-corrected chi connectivity index (χ3v) is 3.24. The summed E-state index contributed by atoms with van der Waals surface area (Å²) in [6, 6.07) is 6.83. The Labute approximate surface area is 119 Å². The lowest BCUT2D eigenvalue weighted by Gasteiger charge is -2.11. The molecule has 18 heavy (non-hydrogen) atoms. The zero-order chi connectivity index (χ0) is 13.4. The van der Waals surface area contributed by atoms with E-state index < -0.39 is 0 Å². The van der Waals surface area contributed by atoms with Crippen LogP contribution in [0.15, 0.2) is 22.7 Å². The first-order valence-electron chi connectivity index (χ1n) is 6.78. The number of rotatable bonds is 8. The highest BCUT2D eigenvalue weighted by atomic mass is 79.9. The Morgan fingerprint density at radius 2 is 2.06 bits per heavy atom. The summed E-state index contributed by atoms with van der Waals surface area (Å²) >= 11 is 3.52. The fourth-order valence-electron chi connectivity index (χ4n) is 1.87. The molecule has 2 nitrogen and oxygen atoms in total. The standard InChI is InChI=1S/C15H24BrNO/c1-4-18-15-9-8-14(16)11-13(15)7-5-6-10-17-12(2)3/h8-9,11-12,17H,4-7,10H2,1-3H3. The lowest BCUT2D eigenvalue weighted by Crippen LogP contribution is -2.23. The van der Waals surface area contributed by atoms with Crippen LogP contribution in [0.3, 0.4) is 0 Å². The van der Waals surface area contributed by atoms with E-state index in [4.69, 9.17) is 4.74 Å². The van der Waals surface area contributed by atoms with Crippen LogP contribution < -0.4 is 10.1 Å². The summed E-state index contributed by atoms with van der Waals surface area (Å²) in [5.74, 6) is 1.03. The van der Waals surface area contributed by atoms with Crippen molar-refractivity contribution in [2.24, 2.45) is 0 Å². The van der Waals surface area contributed by atoms with Gasteiger partial charge in [0, 0.05) is 10.5 Å². The van der Waals surface area contributed by atoms with Crippen LogP contribution in [0.1, 0.15) is 39.2 Å². The number of benzene rings is 1. The molecule has 0 saturated carbocycles. The van der Waals surface area contributed by atoms with Crippen molar-refractivity contribution in [3.8, 4) is 5.75 Å². The van der Waals surface area contributed by atoms with Gasteiger partial charge in [0.05, 0.1) is 6.61 Å². The number of halogens is 1. The molecule has 0 atom stereocenters. The molecular formula is C15H24BrNO. The van der Waals surface area contributed by atoms with Crippen LogP contribution in [-0.2, 0) is 6.42 Å². The number of hydrogen-bond donors (Lipinski definition) is 1. The monoisotopic (exact) mass is 313 g/mol. The molecule has 1 aromatic carbocycles. The van der Waals surface area contributed by atoms with Gasteiger partial charge in [-0.05, 0) is 56.5 Å². The molecule has 1 N–H and O–H groups in total. The van der Waals surface area contributed by atoms with E-state index in [1.54, 1.807) is 0 Å². The Kier molecular flexibility index (Phi) is 7.36. The SMILES string of the molecule is CCOc1ccc(Br)cc1CCCCNC(C)C. The number of aryl methyl sites for hydroxylation is 1. The number of hydrogen-bond acceptors (Lipinski definition) is 2. The number of ether oxygens (including phenoxy) is 1. The highest BCUT2D eigenvalue weighted by Crippen LogP contribution is 2.24. The molecule has 1 rings (SSSR count). The van der Waals surface area contributed by atoms with Crippen molar-refractivity contribution in [3.63, 3.8) is 0 Å². The van der Waals surface area contributed by atoms with E-state index in [0.29, 0.717) is 6.04 Å². The maximum Gasteiger partial charge on any atom is 0.122 e. The second-order valence-electron chi connectivity index (χ2n) is 4.75. The van der Waals surface area contributed by atoms with E-state index in [1.807, 2.05) is 13.0 Å². The van der Waals surface area contributed by atoms with Crippen LogP contribution in [0, 0.1) is 0 Å². The Hall–Kier alpha value is -0.540. The minimum atomic E-state index is 0.579. The highest BCUT2D eigenvalue weighted by Gasteiger charge is 2.04. The molecule has 0 aliphatic carbocycles. The van der Waals surface area contributed by atoms with Crippen LogP contribution in [0.4, 0.5) is 0 Å². The van der Waals surface area contributed by atoms with E-state index in [0.717, 1.165) is 29.8 Å². The van der Waals surface area contributed by atoms with Crippen LogP contribution in [0.25, 0.3) is 0 Å². The van der Waals surface area contributed by atoms with Gasteiger partial charge in [0.25, 0.3) is 0 Å². The van der Waals surface area contributed by atoms with Crippen LogP contribution in [0.5, 0.6) is 5.75 Å². The summed E-state index contributed by atoms with van der Waals surface area (Å²) in [7, 11) is 0. The predicted molar refractivity (Wildman–Crippen MR) is 81.4 cm³/mol. The summed E-state index contributed by atoms with van der Waals surface area (Å²) in [5, 5.41) is 3.44. The average Bonchev–Trinajstić information content (AvgIpc) is 2.32. The zero-order valence-electron chi connectivity index (χ0n) is 11.6. The van der Waals surface area contributed by atoms with E-state index in [9.17, 15) is 0 Å². The summed E-state index contributed by atoms with van der Waals surface area (Å²) in [5.41, 5.74) is 1.30. The van der Waals surface area contributed by atoms with Gasteiger partial charge in [-0.25, -0.2) is 0 Å². The van der Waals surface area contributed by atoms with Crippen molar-refractivity contribution in [1.29, 1.82) is 0 Å². The van der Waals surface area contributed by atoms with Gasteiger partial charge < -0.3 is 10.1 Å². The summed E-state index contributed by atoms with van der Waals surface area (Å²) in [4.78, 5) is 0. The van der Waals surface area contributed by atoms with Crippen LogP contribution in [0.2, 0.25) is 0 Å². The zero-order valence-corrected chi connectivity index (χ0v) is 13.2. The first-order valence-corrected chi connectivity index (χ1v) is 7.57. The molecule has 0 unspecified atom stereocenters. The smallest absolute Gasteiger partial charge is 0.122 e. The van der Waals surface area contributed by atoms with E-state index in [2.05, 4.69) is 47.2 Å². The summed E-state index contributed by atoms with van der Waals surface area (Å²) in [6.45, 7) is 8.21. The van der Waals surface area contributed by atoms with E-state index >= 15 is 0 Å². The summed E-state index contributed by atoms with van der Waals surface area (Å²) in [6.07, 6.45) is 3.47. The Balaban J connectivity index is 2.42. The summed E-state index contributed by atoms with van der Waals surface area (Å²) < 4.78 is 6.78. The Bertz CT molecular complexity index is 352. The molecule has 3 heteroatoms. The molecule has 1 aromatic rings. The van der Waals surface area contributed by atoms with Crippen molar-refractivity contribution in [3.05, 3.63) is 28.2 Å². The molecular weight excluding hydrogens is 290 g/mol. The topological polar surface area (TPSA) is 21.3 Å². The van der Waals surface area contributed by atoms with Crippen molar-refractivity contribution >= 4 is 15.9 Å². The fraction of sp³-hybridized carbons (Fsp3) is 0.600. The Morgan fingerprint density at radius 3 is 2.72 bits per heavy atom. The van der Waals surface area contributed by atoms with Gasteiger partial charge in [0.15, 0.2) is 0 Å². The molecule has 0 aliphatic heterocycles. The van der Waals surface area contributed by atoms with Gasteiger partial charge in [-0.1, -0.05) is 29.8 Å². The van der Waals surface area contributed by atoms with Gasteiger partial charge in [-0.3, -0.25) is 0 Å². The molecule has 0 spiro atoms. The second kappa shape index (κ2) is 8.54. The van der Waals surface area contributed by atoms with Gasteiger partial charge in [-0.2, -0.15) is 0 Å². The molecule has 0 bridgehead atoms. The largest absolute Gasteiger partial charge is 0.494 e. The van der Waals surface area contributed by atoms with E-state index in [1.165, 1.54) is 18.4 Å². The van der Waals surface area contributed by atoms with Crippen molar-refractivity contribution < 1.29 is 4.74 Å². The lowest BCUT2D eigenvalue weighted by atomic mass is 10.1. The van der Waals surface area contributed by atoms with Gasteiger partial charge in [0.2, 0.25) is 0 Å². The van der Waals surface area contributed by atoms with Crippen LogP contribution in [-0.4, -0.2) is 19.2 Å². The molecule has 0 radical (unpaired) electrons. The normalized spacial score (nSPS) is 10.9. The molecule has 0 aliphatic rings. The molecule has 102 valence electrons. The highest BCUT2D eigenvalue weighted by molar-refractivity contribution is 9.10. The Morgan fingerprint density at radius 1 is 1.28 bits per heavy atom.